The van der Waals surface area contributed by atoms with E-state index >= 15 is 0 Å². The Kier molecular flexibility index (Phi) is 3.65. The maximum atomic E-state index is 5.93. The zero-order chi connectivity index (χ0) is 13.9. The van der Waals surface area contributed by atoms with Crippen LogP contribution in [0.1, 0.15) is 0 Å². The summed E-state index contributed by atoms with van der Waals surface area (Å²) in [5.41, 5.74) is 8.18. The maximum Gasteiger partial charge on any atom is 0.146 e. The van der Waals surface area contributed by atoms with Crippen molar-refractivity contribution in [2.75, 3.05) is 41.7 Å². The Bertz CT molecular complexity index is 577. The summed E-state index contributed by atoms with van der Waals surface area (Å²) >= 11 is 5.92. The van der Waals surface area contributed by atoms with Gasteiger partial charge in [0.15, 0.2) is 0 Å². The minimum atomic E-state index is 0.604. The molecule has 104 valence electrons. The number of piperazine rings is 1. The van der Waals surface area contributed by atoms with Gasteiger partial charge in [-0.15, -0.1) is 0 Å². The molecule has 20 heavy (non-hydrogen) atoms. The third-order valence-electron chi connectivity index (χ3n) is 3.63. The summed E-state index contributed by atoms with van der Waals surface area (Å²) in [7, 11) is 0. The number of aromatic nitrogens is 1. The standard InChI is InChI=1S/C15H17ClN4/c16-12-3-5-13(6-4-12)19-8-10-20(11-9-19)14-2-1-7-18-15(14)17/h1-7H,8-11H2,(H2,17,18). The van der Waals surface area contributed by atoms with Gasteiger partial charge in [-0.2, -0.15) is 0 Å². The van der Waals surface area contributed by atoms with Gasteiger partial charge in [-0.1, -0.05) is 11.6 Å². The lowest BCUT2D eigenvalue weighted by atomic mass is 10.2. The predicted molar refractivity (Wildman–Crippen MR) is 84.5 cm³/mol. The van der Waals surface area contributed by atoms with Crippen LogP contribution in [0, 0.1) is 0 Å². The first-order valence-electron chi connectivity index (χ1n) is 6.70. The molecule has 0 radical (unpaired) electrons. The van der Waals surface area contributed by atoms with Gasteiger partial charge >= 0.3 is 0 Å². The number of nitrogen functional groups attached to an aromatic ring is 1. The van der Waals surface area contributed by atoms with E-state index in [1.54, 1.807) is 6.20 Å². The van der Waals surface area contributed by atoms with Crippen LogP contribution in [0.15, 0.2) is 42.6 Å². The Hall–Kier alpha value is -1.94. The second-order valence-corrected chi connectivity index (χ2v) is 5.29. The van der Waals surface area contributed by atoms with Crippen molar-refractivity contribution < 1.29 is 0 Å². The molecular weight excluding hydrogens is 272 g/mol. The number of pyridine rings is 1. The van der Waals surface area contributed by atoms with Crippen LogP contribution in [0.5, 0.6) is 0 Å². The van der Waals surface area contributed by atoms with E-state index in [2.05, 4.69) is 26.9 Å². The third-order valence-corrected chi connectivity index (χ3v) is 3.88. The first-order valence-corrected chi connectivity index (χ1v) is 7.08. The molecule has 1 fully saturated rings. The maximum absolute atomic E-state index is 5.93. The second-order valence-electron chi connectivity index (χ2n) is 4.86. The van der Waals surface area contributed by atoms with Crippen molar-refractivity contribution in [3.63, 3.8) is 0 Å². The van der Waals surface area contributed by atoms with Gasteiger partial charge in [0.2, 0.25) is 0 Å². The molecule has 2 aromatic rings. The monoisotopic (exact) mass is 288 g/mol. The number of rotatable bonds is 2. The molecule has 0 atom stereocenters. The fraction of sp³-hybridized carbons (Fsp3) is 0.267. The lowest BCUT2D eigenvalue weighted by Gasteiger charge is -2.37. The molecule has 1 aromatic heterocycles. The molecule has 0 amide bonds. The molecular formula is C15H17ClN4. The van der Waals surface area contributed by atoms with Crippen LogP contribution in [0.25, 0.3) is 0 Å². The third kappa shape index (κ3) is 2.65. The summed E-state index contributed by atoms with van der Waals surface area (Å²) in [6.45, 7) is 3.82. The van der Waals surface area contributed by atoms with Gasteiger partial charge in [-0.05, 0) is 36.4 Å². The topological polar surface area (TPSA) is 45.4 Å². The van der Waals surface area contributed by atoms with E-state index in [0.29, 0.717) is 5.82 Å². The molecule has 1 aromatic carbocycles. The number of nitrogens with two attached hydrogens (primary N) is 1. The number of anilines is 3. The summed E-state index contributed by atoms with van der Waals surface area (Å²) in [5, 5.41) is 0.774. The van der Waals surface area contributed by atoms with Gasteiger partial charge in [0.25, 0.3) is 0 Å². The van der Waals surface area contributed by atoms with E-state index in [1.165, 1.54) is 5.69 Å². The number of hydrogen-bond donors (Lipinski definition) is 1. The molecule has 3 rings (SSSR count). The van der Waals surface area contributed by atoms with Gasteiger partial charge in [0.1, 0.15) is 5.82 Å². The van der Waals surface area contributed by atoms with Crippen molar-refractivity contribution in [3.8, 4) is 0 Å². The fourth-order valence-corrected chi connectivity index (χ4v) is 2.66. The van der Waals surface area contributed by atoms with Crippen LogP contribution in [0.2, 0.25) is 5.02 Å². The van der Waals surface area contributed by atoms with Gasteiger partial charge in [-0.25, -0.2) is 4.98 Å². The molecule has 2 N–H and O–H groups in total. The summed E-state index contributed by atoms with van der Waals surface area (Å²) in [6, 6.07) is 12.0. The summed E-state index contributed by atoms with van der Waals surface area (Å²) < 4.78 is 0. The van der Waals surface area contributed by atoms with Crippen LogP contribution < -0.4 is 15.5 Å². The number of hydrogen-bond acceptors (Lipinski definition) is 4. The molecule has 1 saturated heterocycles. The van der Waals surface area contributed by atoms with Crippen LogP contribution in [0.4, 0.5) is 17.2 Å². The highest BCUT2D eigenvalue weighted by molar-refractivity contribution is 6.30. The van der Waals surface area contributed by atoms with Gasteiger partial charge in [0, 0.05) is 43.1 Å². The van der Waals surface area contributed by atoms with E-state index in [-0.39, 0.29) is 0 Å². The molecule has 2 heterocycles. The minimum Gasteiger partial charge on any atom is -0.382 e. The van der Waals surface area contributed by atoms with Crippen molar-refractivity contribution in [2.24, 2.45) is 0 Å². The Morgan fingerprint density at radius 1 is 0.950 bits per heavy atom. The van der Waals surface area contributed by atoms with Crippen LogP contribution in [-0.4, -0.2) is 31.2 Å². The zero-order valence-corrected chi connectivity index (χ0v) is 11.9. The smallest absolute Gasteiger partial charge is 0.146 e. The Balaban J connectivity index is 1.68. The number of benzene rings is 1. The molecule has 1 aliphatic rings. The van der Waals surface area contributed by atoms with Crippen LogP contribution in [-0.2, 0) is 0 Å². The first kappa shape index (κ1) is 13.1. The molecule has 4 nitrogen and oxygen atoms in total. The summed E-state index contributed by atoms with van der Waals surface area (Å²) in [4.78, 5) is 8.80. The Labute approximate surface area is 123 Å². The van der Waals surface area contributed by atoms with Crippen molar-refractivity contribution in [1.82, 2.24) is 4.98 Å². The minimum absolute atomic E-state index is 0.604. The van der Waals surface area contributed by atoms with E-state index in [1.807, 2.05) is 24.3 Å². The molecule has 0 bridgehead atoms. The molecule has 0 spiro atoms. The highest BCUT2D eigenvalue weighted by Gasteiger charge is 2.19. The Morgan fingerprint density at radius 2 is 1.60 bits per heavy atom. The molecule has 5 heteroatoms. The van der Waals surface area contributed by atoms with Crippen LogP contribution in [0.3, 0.4) is 0 Å². The largest absolute Gasteiger partial charge is 0.382 e. The average molecular weight is 289 g/mol. The Morgan fingerprint density at radius 3 is 2.25 bits per heavy atom. The fourth-order valence-electron chi connectivity index (χ4n) is 2.53. The molecule has 0 aliphatic carbocycles. The van der Waals surface area contributed by atoms with E-state index in [4.69, 9.17) is 17.3 Å². The normalized spacial score (nSPS) is 15.4. The van der Waals surface area contributed by atoms with Crippen molar-refractivity contribution in [3.05, 3.63) is 47.6 Å². The zero-order valence-electron chi connectivity index (χ0n) is 11.2. The van der Waals surface area contributed by atoms with Crippen molar-refractivity contribution in [2.45, 2.75) is 0 Å². The van der Waals surface area contributed by atoms with Crippen molar-refractivity contribution >= 4 is 28.8 Å². The van der Waals surface area contributed by atoms with Gasteiger partial charge < -0.3 is 15.5 Å². The number of nitrogens with zero attached hydrogens (tertiary/aromatic N) is 3. The quantitative estimate of drug-likeness (QED) is 0.923. The highest BCUT2D eigenvalue weighted by Crippen LogP contribution is 2.24. The predicted octanol–water partition coefficient (Wildman–Crippen LogP) is 2.64. The number of halogens is 1. The molecule has 0 saturated carbocycles. The van der Waals surface area contributed by atoms with E-state index in [9.17, 15) is 0 Å². The van der Waals surface area contributed by atoms with Crippen LogP contribution >= 0.6 is 11.6 Å². The highest BCUT2D eigenvalue weighted by atomic mass is 35.5. The first-order chi connectivity index (χ1) is 9.74. The lowest BCUT2D eigenvalue weighted by molar-refractivity contribution is 0.653. The molecule has 1 aliphatic heterocycles. The lowest BCUT2D eigenvalue weighted by Crippen LogP contribution is -2.46. The SMILES string of the molecule is Nc1ncccc1N1CCN(c2ccc(Cl)cc2)CC1. The second kappa shape index (κ2) is 5.59. The summed E-state index contributed by atoms with van der Waals surface area (Å²) in [5.74, 6) is 0.604. The molecule has 0 unspecified atom stereocenters. The van der Waals surface area contributed by atoms with E-state index in [0.717, 1.165) is 36.9 Å². The summed E-state index contributed by atoms with van der Waals surface area (Å²) in [6.07, 6.45) is 1.72. The van der Waals surface area contributed by atoms with Gasteiger partial charge in [0.05, 0.1) is 5.69 Å². The van der Waals surface area contributed by atoms with E-state index < -0.39 is 0 Å². The average Bonchev–Trinajstić information content (AvgIpc) is 2.49. The van der Waals surface area contributed by atoms with Crippen molar-refractivity contribution in [1.29, 1.82) is 0 Å². The van der Waals surface area contributed by atoms with Gasteiger partial charge in [-0.3, -0.25) is 0 Å².